The molecule has 1 heterocycles. The summed E-state index contributed by atoms with van der Waals surface area (Å²) in [5.41, 5.74) is 0.0701. The van der Waals surface area contributed by atoms with Gasteiger partial charge in [0.25, 0.3) is 0 Å². The van der Waals surface area contributed by atoms with E-state index in [0.29, 0.717) is 5.56 Å². The van der Waals surface area contributed by atoms with Crippen molar-refractivity contribution in [2.24, 2.45) is 0 Å². The molecule has 1 aromatic carbocycles. The third-order valence-corrected chi connectivity index (χ3v) is 3.68. The molecular formula is C14H20ClFN2O. The average Bonchev–Trinajstić information content (AvgIpc) is 2.87. The average molecular weight is 287 g/mol. The fourth-order valence-corrected chi connectivity index (χ4v) is 2.45. The summed E-state index contributed by atoms with van der Waals surface area (Å²) in [6.07, 6.45) is 2.63. The van der Waals surface area contributed by atoms with Crippen molar-refractivity contribution < 1.29 is 9.18 Å². The predicted octanol–water partition coefficient (Wildman–Crippen LogP) is 2.40. The predicted molar refractivity (Wildman–Crippen MR) is 75.8 cm³/mol. The van der Waals surface area contributed by atoms with Crippen LogP contribution in [0.2, 0.25) is 0 Å². The summed E-state index contributed by atoms with van der Waals surface area (Å²) >= 11 is 0. The fraction of sp³-hybridized carbons (Fsp3) is 0.500. The summed E-state index contributed by atoms with van der Waals surface area (Å²) < 4.78 is 13.4. The molecule has 0 aromatic heterocycles. The molecule has 1 saturated heterocycles. The van der Waals surface area contributed by atoms with E-state index in [0.717, 1.165) is 25.8 Å². The molecule has 1 aliphatic heterocycles. The Labute approximate surface area is 119 Å². The van der Waals surface area contributed by atoms with Gasteiger partial charge in [-0.3, -0.25) is 4.79 Å². The van der Waals surface area contributed by atoms with Crippen LogP contribution < -0.4 is 10.6 Å². The van der Waals surface area contributed by atoms with Crippen LogP contribution in [0.25, 0.3) is 0 Å². The van der Waals surface area contributed by atoms with E-state index in [4.69, 9.17) is 0 Å². The Balaban J connectivity index is 0.00000180. The zero-order valence-corrected chi connectivity index (χ0v) is 11.9. The lowest BCUT2D eigenvalue weighted by molar-refractivity contribution is -0.127. The van der Waals surface area contributed by atoms with Gasteiger partial charge in [0.1, 0.15) is 5.82 Å². The van der Waals surface area contributed by atoms with Crippen molar-refractivity contribution in [3.63, 3.8) is 0 Å². The molecule has 3 nitrogen and oxygen atoms in total. The first kappa shape index (κ1) is 15.9. The van der Waals surface area contributed by atoms with Gasteiger partial charge in [-0.1, -0.05) is 25.1 Å². The molecule has 0 saturated carbocycles. The number of hydrogen-bond donors (Lipinski definition) is 2. The van der Waals surface area contributed by atoms with Gasteiger partial charge in [-0.25, -0.2) is 4.39 Å². The lowest BCUT2D eigenvalue weighted by atomic mass is 9.93. The van der Waals surface area contributed by atoms with E-state index in [2.05, 4.69) is 10.6 Å². The van der Waals surface area contributed by atoms with Crippen molar-refractivity contribution in [2.75, 3.05) is 6.54 Å². The van der Waals surface area contributed by atoms with Gasteiger partial charge in [0.05, 0.1) is 5.54 Å². The zero-order chi connectivity index (χ0) is 13.0. The van der Waals surface area contributed by atoms with Gasteiger partial charge in [-0.15, -0.1) is 12.4 Å². The van der Waals surface area contributed by atoms with Crippen LogP contribution in [0.15, 0.2) is 24.3 Å². The Morgan fingerprint density at radius 2 is 2.21 bits per heavy atom. The van der Waals surface area contributed by atoms with Crippen LogP contribution >= 0.6 is 12.4 Å². The lowest BCUT2D eigenvalue weighted by Gasteiger charge is -2.26. The number of halogens is 2. The number of nitrogens with one attached hydrogen (secondary N) is 2. The molecule has 1 unspecified atom stereocenters. The second-order valence-electron chi connectivity index (χ2n) is 4.74. The minimum atomic E-state index is -0.453. The highest BCUT2D eigenvalue weighted by Gasteiger charge is 2.38. The van der Waals surface area contributed by atoms with Crippen molar-refractivity contribution in [1.82, 2.24) is 10.6 Å². The molecule has 1 atom stereocenters. The smallest absolute Gasteiger partial charge is 0.240 e. The van der Waals surface area contributed by atoms with Crippen LogP contribution in [-0.2, 0) is 11.3 Å². The summed E-state index contributed by atoms with van der Waals surface area (Å²) in [6.45, 7) is 3.12. The first-order chi connectivity index (χ1) is 8.68. The van der Waals surface area contributed by atoms with Crippen LogP contribution in [0.3, 0.4) is 0 Å². The van der Waals surface area contributed by atoms with Gasteiger partial charge in [-0.2, -0.15) is 0 Å². The van der Waals surface area contributed by atoms with Gasteiger partial charge in [0.2, 0.25) is 5.91 Å². The first-order valence-corrected chi connectivity index (χ1v) is 6.45. The summed E-state index contributed by atoms with van der Waals surface area (Å²) in [6, 6.07) is 6.52. The van der Waals surface area contributed by atoms with Crippen molar-refractivity contribution in [3.05, 3.63) is 35.6 Å². The molecule has 5 heteroatoms. The van der Waals surface area contributed by atoms with E-state index >= 15 is 0 Å². The molecule has 2 rings (SSSR count). The van der Waals surface area contributed by atoms with Crippen molar-refractivity contribution in [1.29, 1.82) is 0 Å². The molecule has 19 heavy (non-hydrogen) atoms. The van der Waals surface area contributed by atoms with Gasteiger partial charge < -0.3 is 10.6 Å². The Morgan fingerprint density at radius 1 is 1.47 bits per heavy atom. The minimum Gasteiger partial charge on any atom is -0.350 e. The van der Waals surface area contributed by atoms with Crippen molar-refractivity contribution >= 4 is 18.3 Å². The highest BCUT2D eigenvalue weighted by atomic mass is 35.5. The maximum atomic E-state index is 13.4. The molecule has 0 aliphatic carbocycles. The van der Waals surface area contributed by atoms with Crippen LogP contribution in [0.4, 0.5) is 4.39 Å². The third kappa shape index (κ3) is 3.45. The quantitative estimate of drug-likeness (QED) is 0.892. The number of carbonyl (C=O) groups is 1. The summed E-state index contributed by atoms with van der Waals surface area (Å²) in [5, 5.41) is 6.10. The molecule has 106 valence electrons. The van der Waals surface area contributed by atoms with E-state index in [1.807, 2.05) is 6.92 Å². The van der Waals surface area contributed by atoms with E-state index in [1.54, 1.807) is 18.2 Å². The van der Waals surface area contributed by atoms with Gasteiger partial charge in [0, 0.05) is 12.1 Å². The topological polar surface area (TPSA) is 41.1 Å². The van der Waals surface area contributed by atoms with Crippen LogP contribution in [0, 0.1) is 5.82 Å². The summed E-state index contributed by atoms with van der Waals surface area (Å²) in [5.74, 6) is -0.298. The van der Waals surface area contributed by atoms with E-state index < -0.39 is 5.54 Å². The van der Waals surface area contributed by atoms with Crippen LogP contribution in [0.1, 0.15) is 31.7 Å². The van der Waals surface area contributed by atoms with Crippen molar-refractivity contribution in [3.8, 4) is 0 Å². The minimum absolute atomic E-state index is 0. The van der Waals surface area contributed by atoms with Gasteiger partial charge in [-0.05, 0) is 31.9 Å². The number of benzene rings is 1. The van der Waals surface area contributed by atoms with E-state index in [-0.39, 0.29) is 30.7 Å². The highest BCUT2D eigenvalue weighted by molar-refractivity contribution is 5.86. The SMILES string of the molecule is CCC1(C(=O)NCc2ccccc2F)CCCN1.Cl. The molecule has 1 amide bonds. The van der Waals surface area contributed by atoms with Crippen LogP contribution in [-0.4, -0.2) is 18.0 Å². The second kappa shape index (κ2) is 6.87. The number of rotatable bonds is 4. The highest BCUT2D eigenvalue weighted by Crippen LogP contribution is 2.23. The first-order valence-electron chi connectivity index (χ1n) is 6.45. The molecular weight excluding hydrogens is 267 g/mol. The maximum absolute atomic E-state index is 13.4. The third-order valence-electron chi connectivity index (χ3n) is 3.68. The summed E-state index contributed by atoms with van der Waals surface area (Å²) in [7, 11) is 0. The second-order valence-corrected chi connectivity index (χ2v) is 4.74. The Bertz CT molecular complexity index is 433. The normalized spacial score (nSPS) is 21.8. The molecule has 2 N–H and O–H groups in total. The maximum Gasteiger partial charge on any atom is 0.240 e. The Morgan fingerprint density at radius 3 is 2.79 bits per heavy atom. The Kier molecular flexibility index (Phi) is 5.76. The largest absolute Gasteiger partial charge is 0.350 e. The molecule has 1 fully saturated rings. The standard InChI is InChI=1S/C14H19FN2O.ClH/c1-2-14(8-5-9-17-14)13(18)16-10-11-6-3-4-7-12(11)15;/h3-4,6-7,17H,2,5,8-10H2,1H3,(H,16,18);1H. The van der Waals surface area contributed by atoms with Crippen molar-refractivity contribution in [2.45, 2.75) is 38.3 Å². The van der Waals surface area contributed by atoms with E-state index in [9.17, 15) is 9.18 Å². The molecule has 0 radical (unpaired) electrons. The Hall–Kier alpha value is -1.13. The van der Waals surface area contributed by atoms with Gasteiger partial charge in [0.15, 0.2) is 0 Å². The molecule has 0 bridgehead atoms. The fourth-order valence-electron chi connectivity index (χ4n) is 2.45. The molecule has 0 spiro atoms. The van der Waals surface area contributed by atoms with Gasteiger partial charge >= 0.3 is 0 Å². The lowest BCUT2D eigenvalue weighted by Crippen LogP contribution is -2.52. The van der Waals surface area contributed by atoms with E-state index in [1.165, 1.54) is 6.07 Å². The monoisotopic (exact) mass is 286 g/mol. The summed E-state index contributed by atoms with van der Waals surface area (Å²) in [4.78, 5) is 12.2. The zero-order valence-electron chi connectivity index (χ0n) is 11.0. The van der Waals surface area contributed by atoms with Crippen LogP contribution in [0.5, 0.6) is 0 Å². The molecule has 1 aromatic rings. The number of amides is 1. The number of carbonyl (C=O) groups excluding carboxylic acids is 1. The molecule has 1 aliphatic rings. The number of hydrogen-bond acceptors (Lipinski definition) is 2.